The molecule has 0 fully saturated rings. The van der Waals surface area contributed by atoms with Crippen molar-refractivity contribution in [3.05, 3.63) is 60.4 Å². The van der Waals surface area contributed by atoms with E-state index in [4.69, 9.17) is 10.2 Å². The molecule has 3 heteroatoms. The Morgan fingerprint density at radius 3 is 2.33 bits per heavy atom. The number of carboxylic acid groups (broad SMARTS) is 1. The van der Waals surface area contributed by atoms with Gasteiger partial charge in [-0.15, -0.1) is 0 Å². The fourth-order valence-corrected chi connectivity index (χ4v) is 1.43. The molecule has 0 aliphatic rings. The zero-order valence-electron chi connectivity index (χ0n) is 10.2. The lowest BCUT2D eigenvalue weighted by atomic mass is 10.1. The number of benzene rings is 2. The normalized spacial score (nSPS) is 10.1. The Balaban J connectivity index is 0.000000280. The van der Waals surface area contributed by atoms with Crippen LogP contribution in [0.2, 0.25) is 0 Å². The van der Waals surface area contributed by atoms with Gasteiger partial charge < -0.3 is 10.2 Å². The number of aliphatic hydroxyl groups is 1. The molecule has 94 valence electrons. The van der Waals surface area contributed by atoms with E-state index in [2.05, 4.69) is 0 Å². The fraction of sp³-hybridized carbons (Fsp3) is 0.133. The highest BCUT2D eigenvalue weighted by Crippen LogP contribution is 2.15. The number of aliphatic hydroxyl groups excluding tert-OH is 1. The Bertz CT molecular complexity index is 544. The third kappa shape index (κ3) is 3.94. The number of hydrogen-bond acceptors (Lipinski definition) is 2. The van der Waals surface area contributed by atoms with Crippen LogP contribution in [-0.4, -0.2) is 16.2 Å². The molecular formula is C15H16O3. The number of rotatable bonds is 2. The van der Waals surface area contributed by atoms with Crippen LogP contribution in [0.1, 0.15) is 23.7 Å². The average Bonchev–Trinajstić information content (AvgIpc) is 2.40. The molecule has 0 atom stereocenters. The van der Waals surface area contributed by atoms with Crippen LogP contribution in [0.15, 0.2) is 54.8 Å². The van der Waals surface area contributed by atoms with Crippen molar-refractivity contribution in [1.29, 1.82) is 0 Å². The van der Waals surface area contributed by atoms with Crippen molar-refractivity contribution in [2.24, 2.45) is 0 Å². The summed E-state index contributed by atoms with van der Waals surface area (Å²) >= 11 is 0. The van der Waals surface area contributed by atoms with Crippen molar-refractivity contribution in [3.8, 4) is 0 Å². The molecule has 0 radical (unpaired) electrons. The van der Waals surface area contributed by atoms with Gasteiger partial charge in [0.1, 0.15) is 0 Å². The van der Waals surface area contributed by atoms with Gasteiger partial charge in [-0.2, -0.15) is 0 Å². The molecule has 0 aliphatic heterocycles. The largest absolute Gasteiger partial charge is 0.516 e. The SMILES string of the molecule is CCC=CO.O=C(O)c1ccc2ccccc2c1. The Kier molecular flexibility index (Phi) is 5.45. The second kappa shape index (κ2) is 7.12. The van der Waals surface area contributed by atoms with Gasteiger partial charge in [-0.1, -0.05) is 43.3 Å². The summed E-state index contributed by atoms with van der Waals surface area (Å²) in [5.74, 6) is -0.884. The van der Waals surface area contributed by atoms with Crippen molar-refractivity contribution >= 4 is 16.7 Å². The number of carbonyl (C=O) groups is 1. The molecule has 0 unspecified atom stereocenters. The van der Waals surface area contributed by atoms with Crippen molar-refractivity contribution in [1.82, 2.24) is 0 Å². The van der Waals surface area contributed by atoms with E-state index in [-0.39, 0.29) is 0 Å². The van der Waals surface area contributed by atoms with E-state index in [9.17, 15) is 4.79 Å². The monoisotopic (exact) mass is 244 g/mol. The van der Waals surface area contributed by atoms with Gasteiger partial charge in [0.15, 0.2) is 0 Å². The summed E-state index contributed by atoms with van der Waals surface area (Å²) in [4.78, 5) is 10.6. The lowest BCUT2D eigenvalue weighted by molar-refractivity contribution is 0.0697. The smallest absolute Gasteiger partial charge is 0.335 e. The lowest BCUT2D eigenvalue weighted by Crippen LogP contribution is -1.94. The molecule has 0 amide bonds. The van der Waals surface area contributed by atoms with E-state index >= 15 is 0 Å². The summed E-state index contributed by atoms with van der Waals surface area (Å²) in [6.07, 6.45) is 3.65. The van der Waals surface area contributed by atoms with Gasteiger partial charge >= 0.3 is 5.97 Å². The van der Waals surface area contributed by atoms with E-state index in [0.29, 0.717) is 5.56 Å². The summed E-state index contributed by atoms with van der Waals surface area (Å²) in [6, 6.07) is 12.8. The van der Waals surface area contributed by atoms with Crippen LogP contribution in [0.4, 0.5) is 0 Å². The van der Waals surface area contributed by atoms with Gasteiger partial charge in [-0.3, -0.25) is 0 Å². The highest BCUT2D eigenvalue weighted by Gasteiger charge is 2.01. The van der Waals surface area contributed by atoms with Crippen molar-refractivity contribution in [2.45, 2.75) is 13.3 Å². The molecule has 18 heavy (non-hydrogen) atoms. The molecule has 0 aliphatic carbocycles. The Labute approximate surface area is 106 Å². The first-order valence-electron chi connectivity index (χ1n) is 5.70. The standard InChI is InChI=1S/C11H8O2.C4H8O/c12-11(13)10-6-5-8-3-1-2-4-9(8)7-10;1-2-3-4-5/h1-7H,(H,12,13);3-5H,2H2,1H3. The topological polar surface area (TPSA) is 57.5 Å². The van der Waals surface area contributed by atoms with E-state index in [1.165, 1.54) is 0 Å². The first kappa shape index (κ1) is 13.8. The summed E-state index contributed by atoms with van der Waals surface area (Å²) in [6.45, 7) is 1.96. The van der Waals surface area contributed by atoms with E-state index in [0.717, 1.165) is 23.5 Å². The molecule has 0 saturated heterocycles. The third-order valence-corrected chi connectivity index (χ3v) is 2.34. The molecule has 2 N–H and O–H groups in total. The molecular weight excluding hydrogens is 228 g/mol. The van der Waals surface area contributed by atoms with Gasteiger partial charge in [0.05, 0.1) is 11.8 Å². The second-order valence-electron chi connectivity index (χ2n) is 3.66. The number of carboxylic acids is 1. The summed E-state index contributed by atoms with van der Waals surface area (Å²) in [7, 11) is 0. The number of allylic oxidation sites excluding steroid dienone is 1. The molecule has 2 aromatic carbocycles. The molecule has 3 nitrogen and oxygen atoms in total. The molecule has 2 aromatic rings. The van der Waals surface area contributed by atoms with Crippen molar-refractivity contribution < 1.29 is 15.0 Å². The molecule has 0 heterocycles. The Hall–Kier alpha value is -2.29. The van der Waals surface area contributed by atoms with Crippen LogP contribution in [0.25, 0.3) is 10.8 Å². The minimum Gasteiger partial charge on any atom is -0.516 e. The molecule has 2 rings (SSSR count). The maximum absolute atomic E-state index is 10.6. The zero-order chi connectivity index (χ0) is 13.4. The van der Waals surface area contributed by atoms with Gasteiger partial charge in [-0.05, 0) is 29.3 Å². The van der Waals surface area contributed by atoms with Crippen molar-refractivity contribution in [2.75, 3.05) is 0 Å². The second-order valence-corrected chi connectivity index (χ2v) is 3.66. The molecule has 0 spiro atoms. The van der Waals surface area contributed by atoms with Crippen LogP contribution in [0.3, 0.4) is 0 Å². The van der Waals surface area contributed by atoms with Gasteiger partial charge in [0, 0.05) is 0 Å². The lowest BCUT2D eigenvalue weighted by Gasteiger charge is -1.98. The van der Waals surface area contributed by atoms with Crippen molar-refractivity contribution in [3.63, 3.8) is 0 Å². The summed E-state index contributed by atoms with van der Waals surface area (Å²) in [5.41, 5.74) is 0.332. The van der Waals surface area contributed by atoms with Gasteiger partial charge in [0.2, 0.25) is 0 Å². The van der Waals surface area contributed by atoms with E-state index in [1.54, 1.807) is 18.2 Å². The fourth-order valence-electron chi connectivity index (χ4n) is 1.43. The third-order valence-electron chi connectivity index (χ3n) is 2.34. The van der Waals surface area contributed by atoms with E-state index in [1.807, 2.05) is 37.3 Å². The van der Waals surface area contributed by atoms with Crippen LogP contribution in [0, 0.1) is 0 Å². The summed E-state index contributed by atoms with van der Waals surface area (Å²) < 4.78 is 0. The first-order chi connectivity index (χ1) is 8.69. The number of fused-ring (bicyclic) bond motifs is 1. The van der Waals surface area contributed by atoms with Gasteiger partial charge in [-0.25, -0.2) is 4.79 Å². The predicted molar refractivity (Wildman–Crippen MR) is 73.0 cm³/mol. The highest BCUT2D eigenvalue weighted by atomic mass is 16.4. The Morgan fingerprint density at radius 1 is 1.17 bits per heavy atom. The zero-order valence-corrected chi connectivity index (χ0v) is 10.2. The molecule has 0 saturated carbocycles. The molecule has 0 aromatic heterocycles. The first-order valence-corrected chi connectivity index (χ1v) is 5.70. The highest BCUT2D eigenvalue weighted by molar-refractivity contribution is 5.94. The van der Waals surface area contributed by atoms with Crippen LogP contribution in [-0.2, 0) is 0 Å². The number of hydrogen-bond donors (Lipinski definition) is 2. The quantitative estimate of drug-likeness (QED) is 0.785. The maximum atomic E-state index is 10.6. The maximum Gasteiger partial charge on any atom is 0.335 e. The predicted octanol–water partition coefficient (Wildman–Crippen LogP) is 4.01. The Morgan fingerprint density at radius 2 is 1.83 bits per heavy atom. The molecule has 0 bridgehead atoms. The minimum atomic E-state index is -0.884. The van der Waals surface area contributed by atoms with Crippen LogP contribution >= 0.6 is 0 Å². The van der Waals surface area contributed by atoms with E-state index < -0.39 is 5.97 Å². The number of aromatic carboxylic acids is 1. The van der Waals surface area contributed by atoms with Crippen LogP contribution < -0.4 is 0 Å². The van der Waals surface area contributed by atoms with Crippen LogP contribution in [0.5, 0.6) is 0 Å². The average molecular weight is 244 g/mol. The minimum absolute atomic E-state index is 0.332. The summed E-state index contributed by atoms with van der Waals surface area (Å²) in [5, 5.41) is 18.7. The van der Waals surface area contributed by atoms with Gasteiger partial charge in [0.25, 0.3) is 0 Å².